The summed E-state index contributed by atoms with van der Waals surface area (Å²) < 4.78 is 4.47. The topological polar surface area (TPSA) is 81.5 Å². The van der Waals surface area contributed by atoms with Gasteiger partial charge in [-0.3, -0.25) is 14.9 Å². The Morgan fingerprint density at radius 3 is 2.45 bits per heavy atom. The second-order valence-corrected chi connectivity index (χ2v) is 3.96. The molecule has 0 saturated heterocycles. The van der Waals surface area contributed by atoms with Crippen molar-refractivity contribution in [1.29, 1.82) is 0 Å². The van der Waals surface area contributed by atoms with Gasteiger partial charge in [0.15, 0.2) is 0 Å². The van der Waals surface area contributed by atoms with Crippen molar-refractivity contribution in [3.63, 3.8) is 0 Å². The van der Waals surface area contributed by atoms with Gasteiger partial charge >= 0.3 is 5.69 Å². The molecule has 2 aromatic carbocycles. The van der Waals surface area contributed by atoms with Gasteiger partial charge in [0.1, 0.15) is 11.9 Å². The van der Waals surface area contributed by atoms with Gasteiger partial charge in [0.05, 0.1) is 10.5 Å². The lowest BCUT2D eigenvalue weighted by Gasteiger charge is -2.08. The van der Waals surface area contributed by atoms with Gasteiger partial charge in [0.25, 0.3) is 5.91 Å². The largest absolute Gasteiger partial charge is 0.377 e. The number of halogens is 1. The first kappa shape index (κ1) is 13.8. The van der Waals surface area contributed by atoms with Gasteiger partial charge in [-0.05, 0) is 18.2 Å². The Morgan fingerprint density at radius 2 is 1.85 bits per heavy atom. The molecule has 0 spiro atoms. The first-order valence-corrected chi connectivity index (χ1v) is 5.86. The highest BCUT2D eigenvalue weighted by atomic mass is 35.5. The number of anilines is 1. The number of benzene rings is 2. The number of hydrogen-bond acceptors (Lipinski definition) is 4. The summed E-state index contributed by atoms with van der Waals surface area (Å²) in [5.74, 6) is -0.830. The summed E-state index contributed by atoms with van der Waals surface area (Å²) in [7, 11) is 0. The fourth-order valence-corrected chi connectivity index (χ4v) is 1.81. The molecule has 1 N–H and O–H groups in total. The van der Waals surface area contributed by atoms with E-state index in [9.17, 15) is 14.9 Å². The van der Waals surface area contributed by atoms with Crippen LogP contribution in [0.5, 0.6) is 5.75 Å². The first-order valence-electron chi connectivity index (χ1n) is 5.56. The third-order valence-corrected chi connectivity index (χ3v) is 2.70. The third-order valence-electron chi connectivity index (χ3n) is 2.54. The molecule has 0 saturated carbocycles. The molecule has 102 valence electrons. The van der Waals surface area contributed by atoms with Gasteiger partial charge in [-0.1, -0.05) is 24.3 Å². The van der Waals surface area contributed by atoms with E-state index in [-0.39, 0.29) is 17.0 Å². The van der Waals surface area contributed by atoms with Crippen LogP contribution in [0.1, 0.15) is 10.4 Å². The molecule has 0 aromatic heterocycles. The summed E-state index contributed by atoms with van der Waals surface area (Å²) in [6.07, 6.45) is 0. The van der Waals surface area contributed by atoms with Crippen LogP contribution in [0.15, 0.2) is 48.5 Å². The molecule has 2 aromatic rings. The van der Waals surface area contributed by atoms with Crippen molar-refractivity contribution in [2.75, 3.05) is 5.32 Å². The van der Waals surface area contributed by atoms with Gasteiger partial charge < -0.3 is 9.61 Å². The first-order chi connectivity index (χ1) is 9.63. The molecule has 0 aliphatic heterocycles. The molecular formula is C13H9ClN2O4. The molecule has 2 rings (SSSR count). The lowest BCUT2D eigenvalue weighted by atomic mass is 10.1. The van der Waals surface area contributed by atoms with Gasteiger partial charge in [0, 0.05) is 11.8 Å². The predicted octanol–water partition coefficient (Wildman–Crippen LogP) is 3.38. The van der Waals surface area contributed by atoms with Crippen LogP contribution in [0.4, 0.5) is 11.4 Å². The van der Waals surface area contributed by atoms with Crippen LogP contribution >= 0.6 is 11.9 Å². The van der Waals surface area contributed by atoms with Crippen molar-refractivity contribution in [2.24, 2.45) is 0 Å². The number of amides is 1. The van der Waals surface area contributed by atoms with E-state index < -0.39 is 10.8 Å². The number of para-hydroxylation sites is 2. The maximum Gasteiger partial charge on any atom is 0.314 e. The minimum absolute atomic E-state index is 0.0157. The van der Waals surface area contributed by atoms with Crippen molar-refractivity contribution >= 4 is 29.1 Å². The maximum absolute atomic E-state index is 12.1. The fourth-order valence-electron chi connectivity index (χ4n) is 1.65. The van der Waals surface area contributed by atoms with Crippen LogP contribution in [-0.4, -0.2) is 10.8 Å². The number of hydrogen-bond donors (Lipinski definition) is 1. The molecule has 0 aliphatic rings. The minimum atomic E-state index is -0.670. The fraction of sp³-hybridized carbons (Fsp3) is 0. The smallest absolute Gasteiger partial charge is 0.314 e. The van der Waals surface area contributed by atoms with Gasteiger partial charge in [-0.15, -0.1) is 0 Å². The lowest BCUT2D eigenvalue weighted by molar-refractivity contribution is -0.385. The minimum Gasteiger partial charge on any atom is -0.377 e. The van der Waals surface area contributed by atoms with Crippen LogP contribution in [0.3, 0.4) is 0 Å². The Morgan fingerprint density at radius 1 is 1.15 bits per heavy atom. The quantitative estimate of drug-likeness (QED) is 0.692. The summed E-state index contributed by atoms with van der Waals surface area (Å²) in [5.41, 5.74) is 0.170. The highest BCUT2D eigenvalue weighted by Gasteiger charge is 2.23. The van der Waals surface area contributed by atoms with Crippen molar-refractivity contribution in [3.05, 3.63) is 64.2 Å². The predicted molar refractivity (Wildman–Crippen MR) is 74.0 cm³/mol. The van der Waals surface area contributed by atoms with E-state index in [0.29, 0.717) is 5.69 Å². The lowest BCUT2D eigenvalue weighted by Crippen LogP contribution is -2.13. The zero-order valence-corrected chi connectivity index (χ0v) is 10.8. The van der Waals surface area contributed by atoms with Gasteiger partial charge in [-0.25, -0.2) is 0 Å². The summed E-state index contributed by atoms with van der Waals surface area (Å²) in [4.78, 5) is 22.3. The Hall–Kier alpha value is -2.60. The molecule has 20 heavy (non-hydrogen) atoms. The Kier molecular flexibility index (Phi) is 4.17. The number of rotatable bonds is 4. The SMILES string of the molecule is O=C(Nc1ccccc1)c1cccc([N+](=O)[O-])c1OCl. The Labute approximate surface area is 119 Å². The second-order valence-electron chi connectivity index (χ2n) is 3.81. The van der Waals surface area contributed by atoms with Crippen molar-refractivity contribution in [2.45, 2.75) is 0 Å². The van der Waals surface area contributed by atoms with E-state index in [1.54, 1.807) is 30.3 Å². The van der Waals surface area contributed by atoms with Crippen LogP contribution in [0.2, 0.25) is 0 Å². The summed E-state index contributed by atoms with van der Waals surface area (Å²) in [5, 5.41) is 13.4. The molecule has 0 aliphatic carbocycles. The van der Waals surface area contributed by atoms with Gasteiger partial charge in [0.2, 0.25) is 5.75 Å². The number of nitro groups is 1. The Bertz CT molecular complexity index is 646. The van der Waals surface area contributed by atoms with Crippen LogP contribution in [-0.2, 0) is 0 Å². The zero-order valence-electron chi connectivity index (χ0n) is 10.1. The molecule has 0 heterocycles. The Balaban J connectivity index is 2.35. The molecule has 0 radical (unpaired) electrons. The van der Waals surface area contributed by atoms with E-state index in [1.807, 2.05) is 0 Å². The average Bonchev–Trinajstić information content (AvgIpc) is 2.47. The maximum atomic E-state index is 12.1. The average molecular weight is 293 g/mol. The number of nitrogens with zero attached hydrogens (tertiary/aromatic N) is 1. The number of carbonyl (C=O) groups excluding carboxylic acids is 1. The molecule has 0 bridgehead atoms. The molecule has 0 atom stereocenters. The molecule has 0 fully saturated rings. The normalized spacial score (nSPS) is 9.85. The highest BCUT2D eigenvalue weighted by Crippen LogP contribution is 2.32. The number of carbonyl (C=O) groups is 1. The van der Waals surface area contributed by atoms with Gasteiger partial charge in [-0.2, -0.15) is 0 Å². The molecule has 6 nitrogen and oxygen atoms in total. The van der Waals surface area contributed by atoms with E-state index in [4.69, 9.17) is 11.9 Å². The number of nitro benzene ring substituents is 1. The zero-order chi connectivity index (χ0) is 14.5. The van der Waals surface area contributed by atoms with E-state index in [0.717, 1.165) is 0 Å². The van der Waals surface area contributed by atoms with Crippen molar-refractivity contribution < 1.29 is 14.0 Å². The third kappa shape index (κ3) is 2.86. The molecule has 0 unspecified atom stereocenters. The molecular weight excluding hydrogens is 284 g/mol. The monoisotopic (exact) mass is 292 g/mol. The summed E-state index contributed by atoms with van der Waals surface area (Å²) in [6, 6.07) is 12.7. The highest BCUT2D eigenvalue weighted by molar-refractivity contribution is 6.12. The van der Waals surface area contributed by atoms with E-state index in [1.165, 1.54) is 18.2 Å². The van der Waals surface area contributed by atoms with E-state index in [2.05, 4.69) is 9.61 Å². The standard InChI is InChI=1S/C13H9ClN2O4/c14-20-12-10(7-4-8-11(12)16(18)19)13(17)15-9-5-2-1-3-6-9/h1-8H,(H,15,17). The van der Waals surface area contributed by atoms with E-state index >= 15 is 0 Å². The van der Waals surface area contributed by atoms with Crippen LogP contribution < -0.4 is 9.61 Å². The summed E-state index contributed by atoms with van der Waals surface area (Å²) >= 11 is 5.24. The van der Waals surface area contributed by atoms with Crippen molar-refractivity contribution in [3.8, 4) is 5.75 Å². The number of nitrogens with one attached hydrogen (secondary N) is 1. The molecule has 1 amide bonds. The van der Waals surface area contributed by atoms with Crippen LogP contribution in [0, 0.1) is 10.1 Å². The van der Waals surface area contributed by atoms with Crippen molar-refractivity contribution in [1.82, 2.24) is 0 Å². The second kappa shape index (κ2) is 6.03. The summed E-state index contributed by atoms with van der Waals surface area (Å²) in [6.45, 7) is 0. The van der Waals surface area contributed by atoms with Crippen LogP contribution in [0.25, 0.3) is 0 Å². The molecule has 7 heteroatoms.